The minimum Gasteiger partial charge on any atom is -0.389 e. The molecule has 0 aliphatic carbocycles. The number of anilines is 1. The Morgan fingerprint density at radius 1 is 1.35 bits per heavy atom. The average molecular weight is 322 g/mol. The first-order chi connectivity index (χ1) is 10.8. The molecule has 1 aliphatic rings. The van der Waals surface area contributed by atoms with Gasteiger partial charge in [-0.05, 0) is 36.2 Å². The van der Waals surface area contributed by atoms with Crippen LogP contribution in [0.25, 0.3) is 0 Å². The number of nitrogens with zero attached hydrogens (tertiary/aromatic N) is 2. The Hall–Kier alpha value is -2.41. The largest absolute Gasteiger partial charge is 0.389 e. The highest BCUT2D eigenvalue weighted by atomic mass is 19.3. The summed E-state index contributed by atoms with van der Waals surface area (Å²) >= 11 is 0. The molecule has 0 fully saturated rings. The topological polar surface area (TPSA) is 53.4 Å². The second kappa shape index (κ2) is 5.34. The van der Waals surface area contributed by atoms with Gasteiger partial charge in [-0.2, -0.15) is 13.2 Å². The number of hydrogen-bond donors (Lipinski definition) is 1. The van der Waals surface area contributed by atoms with Crippen molar-refractivity contribution in [2.45, 2.75) is 25.5 Å². The molecule has 120 valence electrons. The number of alkyl halides is 2. The summed E-state index contributed by atoms with van der Waals surface area (Å²) < 4.78 is 42.0. The second-order valence-corrected chi connectivity index (χ2v) is 5.37. The van der Waals surface area contributed by atoms with Crippen molar-refractivity contribution < 1.29 is 23.1 Å². The lowest BCUT2D eigenvalue weighted by molar-refractivity contribution is -0.141. The molecule has 1 aromatic carbocycles. The van der Waals surface area contributed by atoms with Gasteiger partial charge in [0.15, 0.2) is 0 Å². The number of amides is 1. The maximum Gasteiger partial charge on any atom is 0.352 e. The molecule has 3 rings (SSSR count). The van der Waals surface area contributed by atoms with Gasteiger partial charge in [0.25, 0.3) is 0 Å². The number of aliphatic hydroxyl groups is 1. The first kappa shape index (κ1) is 15.5. The van der Waals surface area contributed by atoms with Gasteiger partial charge in [-0.25, -0.2) is 4.98 Å². The zero-order chi connectivity index (χ0) is 16.8. The number of halogens is 3. The highest BCUT2D eigenvalue weighted by Gasteiger charge is 2.54. The highest BCUT2D eigenvalue weighted by molar-refractivity contribution is 6.06. The third kappa shape index (κ3) is 2.46. The minimum atomic E-state index is -3.73. The molecule has 1 unspecified atom stereocenters. The summed E-state index contributed by atoms with van der Waals surface area (Å²) in [6.07, 6.45) is 0.0678. The van der Waals surface area contributed by atoms with E-state index in [1.807, 2.05) is 0 Å². The molecule has 1 N–H and O–H groups in total. The third-order valence-electron chi connectivity index (χ3n) is 3.77. The number of rotatable bonds is 3. The standard InChI is InChI=1S/C16H13F3N2O2/c1-9(22)11-3-2-4-12-14(11)16(18,19)15(23)21(12)8-10-5-6-20-13(17)7-10/h2-7,9,22H,8H2,1H3. The lowest BCUT2D eigenvalue weighted by Gasteiger charge is -2.17. The molecule has 0 spiro atoms. The average Bonchev–Trinajstić information content (AvgIpc) is 2.68. The number of fused-ring (bicyclic) bond motifs is 1. The molecule has 1 amide bonds. The van der Waals surface area contributed by atoms with Crippen molar-refractivity contribution >= 4 is 11.6 Å². The fourth-order valence-electron chi connectivity index (χ4n) is 2.74. The first-order valence-electron chi connectivity index (χ1n) is 6.94. The summed E-state index contributed by atoms with van der Waals surface area (Å²) in [6.45, 7) is 1.15. The Morgan fingerprint density at radius 3 is 2.74 bits per heavy atom. The van der Waals surface area contributed by atoms with Crippen molar-refractivity contribution in [2.24, 2.45) is 0 Å². The Kier molecular flexibility index (Phi) is 3.60. The van der Waals surface area contributed by atoms with Crippen molar-refractivity contribution in [1.29, 1.82) is 0 Å². The molecule has 1 atom stereocenters. The van der Waals surface area contributed by atoms with Crippen LogP contribution in [-0.2, 0) is 17.3 Å². The van der Waals surface area contributed by atoms with Gasteiger partial charge in [0.05, 0.1) is 23.9 Å². The van der Waals surface area contributed by atoms with Crippen molar-refractivity contribution in [2.75, 3.05) is 4.90 Å². The summed E-state index contributed by atoms with van der Waals surface area (Å²) in [5.41, 5.74) is -0.119. The molecule has 7 heteroatoms. The Labute approximate surface area is 130 Å². The Morgan fingerprint density at radius 2 is 2.09 bits per heavy atom. The second-order valence-electron chi connectivity index (χ2n) is 5.37. The molecule has 23 heavy (non-hydrogen) atoms. The summed E-state index contributed by atoms with van der Waals surface area (Å²) in [5.74, 6) is -5.87. The molecule has 0 radical (unpaired) electrons. The molecule has 0 saturated carbocycles. The van der Waals surface area contributed by atoms with Gasteiger partial charge < -0.3 is 10.0 Å². The number of benzene rings is 1. The maximum absolute atomic E-state index is 14.4. The lowest BCUT2D eigenvalue weighted by Crippen LogP contribution is -2.34. The van der Waals surface area contributed by atoms with E-state index < -0.39 is 29.4 Å². The number of hydrogen-bond acceptors (Lipinski definition) is 3. The number of aromatic nitrogens is 1. The van der Waals surface area contributed by atoms with E-state index in [4.69, 9.17) is 0 Å². The van der Waals surface area contributed by atoms with Crippen LogP contribution in [-0.4, -0.2) is 16.0 Å². The monoisotopic (exact) mass is 322 g/mol. The van der Waals surface area contributed by atoms with E-state index >= 15 is 0 Å². The van der Waals surface area contributed by atoms with Crippen LogP contribution < -0.4 is 4.90 Å². The van der Waals surface area contributed by atoms with Crippen LogP contribution >= 0.6 is 0 Å². The van der Waals surface area contributed by atoms with Gasteiger partial charge in [0.1, 0.15) is 0 Å². The third-order valence-corrected chi connectivity index (χ3v) is 3.77. The van der Waals surface area contributed by atoms with Crippen LogP contribution in [0.3, 0.4) is 0 Å². The van der Waals surface area contributed by atoms with Crippen LogP contribution in [0.4, 0.5) is 18.9 Å². The molecule has 2 heterocycles. The van der Waals surface area contributed by atoms with Crippen LogP contribution in [0.5, 0.6) is 0 Å². The minimum absolute atomic E-state index is 0.00394. The van der Waals surface area contributed by atoms with Crippen molar-refractivity contribution in [1.82, 2.24) is 4.98 Å². The quantitative estimate of drug-likeness (QED) is 0.884. The van der Waals surface area contributed by atoms with E-state index in [1.165, 1.54) is 37.4 Å². The summed E-state index contributed by atoms with van der Waals surface area (Å²) in [7, 11) is 0. The summed E-state index contributed by atoms with van der Waals surface area (Å²) in [4.78, 5) is 16.4. The number of carbonyl (C=O) groups excluding carboxylic acids is 1. The molecule has 0 saturated heterocycles. The molecular formula is C16H13F3N2O2. The normalized spacial score (nSPS) is 17.3. The summed E-state index contributed by atoms with van der Waals surface area (Å²) in [5, 5.41) is 9.70. The van der Waals surface area contributed by atoms with Gasteiger partial charge in [0.2, 0.25) is 5.95 Å². The van der Waals surface area contributed by atoms with E-state index in [2.05, 4.69) is 4.98 Å². The maximum atomic E-state index is 14.4. The first-order valence-corrected chi connectivity index (χ1v) is 6.94. The molecule has 2 aromatic rings. The fourth-order valence-corrected chi connectivity index (χ4v) is 2.74. The predicted molar refractivity (Wildman–Crippen MR) is 76.4 cm³/mol. The number of carbonyl (C=O) groups is 1. The van der Waals surface area contributed by atoms with Crippen LogP contribution in [0, 0.1) is 5.95 Å². The van der Waals surface area contributed by atoms with Gasteiger partial charge in [-0.1, -0.05) is 12.1 Å². The van der Waals surface area contributed by atoms with Gasteiger partial charge in [-0.15, -0.1) is 0 Å². The molecular weight excluding hydrogens is 309 g/mol. The van der Waals surface area contributed by atoms with E-state index in [0.29, 0.717) is 5.56 Å². The van der Waals surface area contributed by atoms with E-state index in [0.717, 1.165) is 11.0 Å². The van der Waals surface area contributed by atoms with Crippen molar-refractivity contribution in [3.8, 4) is 0 Å². The summed E-state index contributed by atoms with van der Waals surface area (Å²) in [6, 6.07) is 6.78. The van der Waals surface area contributed by atoms with Crippen molar-refractivity contribution in [3.63, 3.8) is 0 Å². The number of aliphatic hydroxyl groups excluding tert-OH is 1. The molecule has 4 nitrogen and oxygen atoms in total. The predicted octanol–water partition coefficient (Wildman–Crippen LogP) is 2.91. The van der Waals surface area contributed by atoms with E-state index in [9.17, 15) is 23.1 Å². The zero-order valence-corrected chi connectivity index (χ0v) is 12.1. The fraction of sp³-hybridized carbons (Fsp3) is 0.250. The number of pyridine rings is 1. The molecule has 1 aliphatic heterocycles. The SMILES string of the molecule is CC(O)c1cccc2c1C(F)(F)C(=O)N2Cc1ccnc(F)c1. The smallest absolute Gasteiger partial charge is 0.352 e. The van der Waals surface area contributed by atoms with Gasteiger partial charge in [0, 0.05) is 6.20 Å². The molecule has 0 bridgehead atoms. The van der Waals surface area contributed by atoms with Crippen molar-refractivity contribution in [3.05, 3.63) is 59.2 Å². The highest BCUT2D eigenvalue weighted by Crippen LogP contribution is 2.47. The van der Waals surface area contributed by atoms with Crippen LogP contribution in [0.1, 0.15) is 29.7 Å². The van der Waals surface area contributed by atoms with Gasteiger partial charge >= 0.3 is 11.8 Å². The van der Waals surface area contributed by atoms with Gasteiger partial charge in [-0.3, -0.25) is 4.79 Å². The Bertz CT molecular complexity index is 778. The lowest BCUT2D eigenvalue weighted by atomic mass is 9.98. The van der Waals surface area contributed by atoms with Crippen LogP contribution in [0.15, 0.2) is 36.5 Å². The van der Waals surface area contributed by atoms with E-state index in [1.54, 1.807) is 0 Å². The zero-order valence-electron chi connectivity index (χ0n) is 12.1. The molecule has 1 aromatic heterocycles. The van der Waals surface area contributed by atoms with Crippen LogP contribution in [0.2, 0.25) is 0 Å². The Balaban J connectivity index is 2.08. The van der Waals surface area contributed by atoms with E-state index in [-0.39, 0.29) is 17.8 Å².